The molecule has 8 nitrogen and oxygen atoms in total. The van der Waals surface area contributed by atoms with Crippen molar-refractivity contribution in [3.8, 4) is 11.3 Å². The maximum Gasteiger partial charge on any atom is 0.266 e. The van der Waals surface area contributed by atoms with E-state index in [1.54, 1.807) is 12.1 Å². The average molecular weight is 475 g/mol. The summed E-state index contributed by atoms with van der Waals surface area (Å²) in [6.45, 7) is 0.995. The maximum atomic E-state index is 12.7. The molecule has 32 heavy (non-hydrogen) atoms. The molecule has 0 bridgehead atoms. The lowest BCUT2D eigenvalue weighted by molar-refractivity contribution is -0.0258. The number of amides is 1. The van der Waals surface area contributed by atoms with E-state index in [1.165, 1.54) is 38.8 Å². The van der Waals surface area contributed by atoms with Crippen LogP contribution in [0.25, 0.3) is 11.3 Å². The molecule has 1 N–H and O–H groups in total. The zero-order valence-electron chi connectivity index (χ0n) is 17.7. The van der Waals surface area contributed by atoms with Gasteiger partial charge in [-0.05, 0) is 43.2 Å². The summed E-state index contributed by atoms with van der Waals surface area (Å²) < 4.78 is 28.0. The summed E-state index contributed by atoms with van der Waals surface area (Å²) in [5, 5.41) is 2.78. The SMILES string of the molecule is CON(C)S(=O)(=O)c1cc(C(=O)Nc2ccc(-c3cn4c(n3)CCCC4)cc2)ccc1Cl. The van der Waals surface area contributed by atoms with Crippen molar-refractivity contribution in [3.05, 3.63) is 65.1 Å². The number of rotatable bonds is 6. The Labute approximate surface area is 191 Å². The second kappa shape index (κ2) is 9.03. The fourth-order valence-electron chi connectivity index (χ4n) is 3.56. The Bertz CT molecular complexity index is 1230. The molecule has 4 rings (SSSR count). The largest absolute Gasteiger partial charge is 0.334 e. The summed E-state index contributed by atoms with van der Waals surface area (Å²) in [4.78, 5) is 22.0. The van der Waals surface area contributed by atoms with E-state index in [0.29, 0.717) is 10.2 Å². The Morgan fingerprint density at radius 2 is 1.94 bits per heavy atom. The summed E-state index contributed by atoms with van der Waals surface area (Å²) in [6, 6.07) is 11.4. The van der Waals surface area contributed by atoms with Gasteiger partial charge in [-0.2, -0.15) is 0 Å². The lowest BCUT2D eigenvalue weighted by atomic mass is 10.1. The van der Waals surface area contributed by atoms with E-state index in [2.05, 4.69) is 16.1 Å². The van der Waals surface area contributed by atoms with Gasteiger partial charge in [-0.25, -0.2) is 13.4 Å². The van der Waals surface area contributed by atoms with Gasteiger partial charge in [0.2, 0.25) is 0 Å². The van der Waals surface area contributed by atoms with Crippen molar-refractivity contribution in [2.24, 2.45) is 0 Å². The van der Waals surface area contributed by atoms with Gasteiger partial charge in [-0.3, -0.25) is 9.63 Å². The highest BCUT2D eigenvalue weighted by atomic mass is 35.5. The third-order valence-corrected chi connectivity index (χ3v) is 7.58. The van der Waals surface area contributed by atoms with Gasteiger partial charge in [-0.15, -0.1) is 0 Å². The number of imidazole rings is 1. The summed E-state index contributed by atoms with van der Waals surface area (Å²) in [7, 11) is -1.52. The second-order valence-electron chi connectivity index (χ2n) is 7.47. The number of aryl methyl sites for hydroxylation is 2. The van der Waals surface area contributed by atoms with Crippen molar-refractivity contribution in [3.63, 3.8) is 0 Å². The smallest absolute Gasteiger partial charge is 0.266 e. The maximum absolute atomic E-state index is 12.7. The molecule has 1 amide bonds. The Morgan fingerprint density at radius 3 is 2.62 bits per heavy atom. The van der Waals surface area contributed by atoms with E-state index in [9.17, 15) is 13.2 Å². The van der Waals surface area contributed by atoms with Gasteiger partial charge in [0, 0.05) is 43.0 Å². The number of hydroxylamine groups is 1. The number of hydrogen-bond acceptors (Lipinski definition) is 5. The zero-order chi connectivity index (χ0) is 22.9. The van der Waals surface area contributed by atoms with E-state index in [-0.39, 0.29) is 15.5 Å². The first-order valence-corrected chi connectivity index (χ1v) is 11.9. The molecule has 0 spiro atoms. The number of fused-ring (bicyclic) bond motifs is 1. The summed E-state index contributed by atoms with van der Waals surface area (Å²) in [5.41, 5.74) is 2.61. The number of halogens is 1. The summed E-state index contributed by atoms with van der Waals surface area (Å²) >= 11 is 6.06. The molecule has 0 aliphatic carbocycles. The predicted molar refractivity (Wildman–Crippen MR) is 122 cm³/mol. The minimum absolute atomic E-state index is 0.00225. The van der Waals surface area contributed by atoms with Crippen LogP contribution < -0.4 is 5.32 Å². The number of carbonyl (C=O) groups excluding carboxylic acids is 1. The van der Waals surface area contributed by atoms with Gasteiger partial charge in [-0.1, -0.05) is 28.2 Å². The highest BCUT2D eigenvalue weighted by Gasteiger charge is 2.25. The molecule has 0 saturated heterocycles. The average Bonchev–Trinajstić information content (AvgIpc) is 3.23. The Kier molecular flexibility index (Phi) is 6.34. The van der Waals surface area contributed by atoms with Gasteiger partial charge in [0.05, 0.1) is 17.8 Å². The molecule has 2 heterocycles. The van der Waals surface area contributed by atoms with Gasteiger partial charge in [0.1, 0.15) is 10.7 Å². The molecule has 2 aromatic carbocycles. The number of nitrogens with one attached hydrogen (secondary N) is 1. The number of aromatic nitrogens is 2. The highest BCUT2D eigenvalue weighted by Crippen LogP contribution is 2.27. The van der Waals surface area contributed by atoms with Crippen LogP contribution in [-0.2, 0) is 27.8 Å². The molecule has 1 aliphatic rings. The first kappa shape index (κ1) is 22.5. The number of nitrogens with zero attached hydrogens (tertiary/aromatic N) is 3. The molecule has 0 atom stereocenters. The number of carbonyl (C=O) groups is 1. The van der Waals surface area contributed by atoms with E-state index < -0.39 is 15.9 Å². The Morgan fingerprint density at radius 1 is 1.19 bits per heavy atom. The summed E-state index contributed by atoms with van der Waals surface area (Å²) in [6.07, 6.45) is 5.39. The molecule has 10 heteroatoms. The monoisotopic (exact) mass is 474 g/mol. The Balaban J connectivity index is 1.52. The molecular formula is C22H23ClN4O4S. The molecule has 3 aromatic rings. The fourth-order valence-corrected chi connectivity index (χ4v) is 5.03. The van der Waals surface area contributed by atoms with E-state index in [1.807, 2.05) is 12.1 Å². The van der Waals surface area contributed by atoms with Gasteiger partial charge in [0.15, 0.2) is 0 Å². The lowest BCUT2D eigenvalue weighted by Gasteiger charge is -2.16. The topological polar surface area (TPSA) is 93.5 Å². The lowest BCUT2D eigenvalue weighted by Crippen LogP contribution is -2.26. The van der Waals surface area contributed by atoms with Crippen LogP contribution in [0.5, 0.6) is 0 Å². The van der Waals surface area contributed by atoms with Crippen LogP contribution in [-0.4, -0.2) is 42.5 Å². The van der Waals surface area contributed by atoms with Crippen molar-refractivity contribution >= 4 is 33.2 Å². The third kappa shape index (κ3) is 4.42. The van der Waals surface area contributed by atoms with Crippen LogP contribution >= 0.6 is 11.6 Å². The molecule has 0 radical (unpaired) electrons. The zero-order valence-corrected chi connectivity index (χ0v) is 19.3. The van der Waals surface area contributed by atoms with Gasteiger partial charge in [0.25, 0.3) is 15.9 Å². The van der Waals surface area contributed by atoms with Crippen molar-refractivity contribution in [2.75, 3.05) is 19.5 Å². The van der Waals surface area contributed by atoms with Crippen LogP contribution in [0.15, 0.2) is 53.6 Å². The van der Waals surface area contributed by atoms with Gasteiger partial charge >= 0.3 is 0 Å². The molecule has 1 aromatic heterocycles. The second-order valence-corrected chi connectivity index (χ2v) is 9.78. The number of sulfonamides is 1. The molecule has 1 aliphatic heterocycles. The van der Waals surface area contributed by atoms with Crippen LogP contribution in [0.2, 0.25) is 5.02 Å². The minimum atomic E-state index is -4.00. The highest BCUT2D eigenvalue weighted by molar-refractivity contribution is 7.89. The normalized spacial score (nSPS) is 13.8. The first-order valence-electron chi connectivity index (χ1n) is 10.1. The van der Waals surface area contributed by atoms with Crippen molar-refractivity contribution in [2.45, 2.75) is 30.7 Å². The van der Waals surface area contributed by atoms with Crippen LogP contribution in [0.1, 0.15) is 29.0 Å². The molecule has 0 saturated carbocycles. The van der Waals surface area contributed by atoms with E-state index in [0.717, 1.165) is 36.5 Å². The van der Waals surface area contributed by atoms with E-state index >= 15 is 0 Å². The molecule has 0 fully saturated rings. The fraction of sp³-hybridized carbons (Fsp3) is 0.273. The number of anilines is 1. The van der Waals surface area contributed by atoms with E-state index in [4.69, 9.17) is 21.4 Å². The predicted octanol–water partition coefficient (Wildman–Crippen LogP) is 3.97. The van der Waals surface area contributed by atoms with Crippen LogP contribution in [0, 0.1) is 0 Å². The Hall–Kier alpha value is -2.72. The standard InChI is InChI=1S/C22H23ClN4O4S/c1-26(31-2)32(29,30)20-13-16(8-11-18(20)23)22(28)24-17-9-6-15(7-10-17)19-14-27-12-4-3-5-21(27)25-19/h6-11,13-14H,3-5,12H2,1-2H3,(H,24,28). The number of benzene rings is 2. The molecule has 168 valence electrons. The first-order chi connectivity index (χ1) is 15.3. The van der Waals surface area contributed by atoms with Crippen molar-refractivity contribution in [1.29, 1.82) is 0 Å². The van der Waals surface area contributed by atoms with Crippen molar-refractivity contribution < 1.29 is 18.0 Å². The number of hydrogen-bond donors (Lipinski definition) is 1. The molecule has 0 unspecified atom stereocenters. The van der Waals surface area contributed by atoms with Gasteiger partial charge < -0.3 is 9.88 Å². The van der Waals surface area contributed by atoms with Crippen molar-refractivity contribution in [1.82, 2.24) is 14.0 Å². The summed E-state index contributed by atoms with van der Waals surface area (Å²) in [5.74, 6) is 0.652. The quantitative estimate of drug-likeness (QED) is 0.545. The third-order valence-electron chi connectivity index (χ3n) is 5.41. The minimum Gasteiger partial charge on any atom is -0.334 e. The molecular weight excluding hydrogens is 452 g/mol. The van der Waals surface area contributed by atoms with Crippen LogP contribution in [0.4, 0.5) is 5.69 Å². The van der Waals surface area contributed by atoms with Crippen LogP contribution in [0.3, 0.4) is 0 Å².